The molecule has 0 aliphatic heterocycles. The minimum Gasteiger partial charge on any atom is -0.463 e. The molecule has 4 heteroatoms. The number of benzene rings is 1. The molecule has 94 valence electrons. The van der Waals surface area contributed by atoms with E-state index in [0.717, 1.165) is 29.1 Å². The maximum absolute atomic E-state index is 5.86. The van der Waals surface area contributed by atoms with Crippen molar-refractivity contribution in [3.8, 4) is 6.01 Å². The number of nitrogens with two attached hydrogens (primary N) is 1. The summed E-state index contributed by atoms with van der Waals surface area (Å²) in [5.41, 5.74) is 9.57. The fourth-order valence-corrected chi connectivity index (χ4v) is 1.77. The molecule has 1 aromatic heterocycles. The first kappa shape index (κ1) is 12.4. The molecule has 4 nitrogen and oxygen atoms in total. The van der Waals surface area contributed by atoms with E-state index in [4.69, 9.17) is 10.5 Å². The summed E-state index contributed by atoms with van der Waals surface area (Å²) >= 11 is 0. The van der Waals surface area contributed by atoms with Crippen LogP contribution in [0, 0.1) is 13.8 Å². The van der Waals surface area contributed by atoms with E-state index >= 15 is 0 Å². The summed E-state index contributed by atoms with van der Waals surface area (Å²) in [4.78, 5) is 8.45. The highest BCUT2D eigenvalue weighted by atomic mass is 16.5. The van der Waals surface area contributed by atoms with Crippen molar-refractivity contribution in [1.29, 1.82) is 0 Å². The van der Waals surface area contributed by atoms with E-state index in [2.05, 4.69) is 9.97 Å². The molecule has 0 atom stereocenters. The highest BCUT2D eigenvalue weighted by Gasteiger charge is 2.02. The Morgan fingerprint density at radius 3 is 2.44 bits per heavy atom. The van der Waals surface area contributed by atoms with Gasteiger partial charge in [0.15, 0.2) is 0 Å². The highest BCUT2D eigenvalue weighted by molar-refractivity contribution is 5.46. The summed E-state index contributed by atoms with van der Waals surface area (Å²) < 4.78 is 5.55. The monoisotopic (exact) mass is 243 g/mol. The standard InChI is InChI=1S/C14H17N3O/c1-10-9-11(2)17-14(16-10)18-8-7-12-5-3-4-6-13(12)15/h3-6,9H,7-8,15H2,1-2H3. The molecule has 0 aliphatic rings. The first-order valence-electron chi connectivity index (χ1n) is 5.93. The van der Waals surface area contributed by atoms with Crippen LogP contribution in [-0.4, -0.2) is 16.6 Å². The van der Waals surface area contributed by atoms with E-state index in [-0.39, 0.29) is 0 Å². The van der Waals surface area contributed by atoms with Crippen molar-refractivity contribution >= 4 is 5.69 Å². The van der Waals surface area contributed by atoms with Gasteiger partial charge in [-0.3, -0.25) is 0 Å². The predicted molar refractivity (Wildman–Crippen MR) is 71.6 cm³/mol. The van der Waals surface area contributed by atoms with Crippen LogP contribution >= 0.6 is 0 Å². The van der Waals surface area contributed by atoms with Crippen molar-refractivity contribution in [1.82, 2.24) is 9.97 Å². The quantitative estimate of drug-likeness (QED) is 0.837. The maximum atomic E-state index is 5.86. The van der Waals surface area contributed by atoms with Crippen molar-refractivity contribution < 1.29 is 4.74 Å². The van der Waals surface area contributed by atoms with Crippen LogP contribution in [0.4, 0.5) is 5.69 Å². The number of nitrogens with zero attached hydrogens (tertiary/aromatic N) is 2. The second-order valence-electron chi connectivity index (χ2n) is 4.23. The molecule has 2 N–H and O–H groups in total. The zero-order valence-corrected chi connectivity index (χ0v) is 10.7. The number of para-hydroxylation sites is 1. The van der Waals surface area contributed by atoms with Crippen molar-refractivity contribution in [3.63, 3.8) is 0 Å². The molecule has 0 amide bonds. The first-order chi connectivity index (χ1) is 8.65. The Hall–Kier alpha value is -2.10. The Morgan fingerprint density at radius 1 is 1.11 bits per heavy atom. The Kier molecular flexibility index (Phi) is 3.77. The molecule has 18 heavy (non-hydrogen) atoms. The van der Waals surface area contributed by atoms with Crippen molar-refractivity contribution in [2.24, 2.45) is 0 Å². The van der Waals surface area contributed by atoms with Crippen LogP contribution in [0.1, 0.15) is 17.0 Å². The third-order valence-electron chi connectivity index (χ3n) is 2.62. The average Bonchev–Trinajstić information content (AvgIpc) is 2.30. The Morgan fingerprint density at radius 2 is 1.78 bits per heavy atom. The van der Waals surface area contributed by atoms with E-state index in [9.17, 15) is 0 Å². The number of hydrogen-bond acceptors (Lipinski definition) is 4. The first-order valence-corrected chi connectivity index (χ1v) is 5.93. The van der Waals surface area contributed by atoms with Gasteiger partial charge in [0.05, 0.1) is 6.61 Å². The number of rotatable bonds is 4. The van der Waals surface area contributed by atoms with Crippen molar-refractivity contribution in [3.05, 3.63) is 47.3 Å². The molecule has 1 heterocycles. The predicted octanol–water partition coefficient (Wildman–Crippen LogP) is 2.30. The van der Waals surface area contributed by atoms with Crippen LogP contribution < -0.4 is 10.5 Å². The van der Waals surface area contributed by atoms with E-state index in [1.807, 2.05) is 44.2 Å². The number of nitrogen functional groups attached to an aromatic ring is 1. The van der Waals surface area contributed by atoms with Gasteiger partial charge in [-0.05, 0) is 31.5 Å². The van der Waals surface area contributed by atoms with Crippen LogP contribution in [0.25, 0.3) is 0 Å². The van der Waals surface area contributed by atoms with Gasteiger partial charge < -0.3 is 10.5 Å². The Balaban J connectivity index is 1.94. The molecular formula is C14H17N3O. The van der Waals surface area contributed by atoms with Gasteiger partial charge in [0.2, 0.25) is 0 Å². The minimum absolute atomic E-state index is 0.432. The second kappa shape index (κ2) is 5.49. The largest absolute Gasteiger partial charge is 0.463 e. The lowest BCUT2D eigenvalue weighted by atomic mass is 10.1. The minimum atomic E-state index is 0.432. The van der Waals surface area contributed by atoms with Gasteiger partial charge in [-0.1, -0.05) is 18.2 Å². The zero-order chi connectivity index (χ0) is 13.0. The van der Waals surface area contributed by atoms with Crippen LogP contribution in [-0.2, 0) is 6.42 Å². The van der Waals surface area contributed by atoms with E-state index in [1.165, 1.54) is 0 Å². The molecule has 0 spiro atoms. The summed E-state index contributed by atoms with van der Waals surface area (Å²) in [6.07, 6.45) is 0.753. The maximum Gasteiger partial charge on any atom is 0.316 e. The van der Waals surface area contributed by atoms with Crippen molar-refractivity contribution in [2.45, 2.75) is 20.3 Å². The van der Waals surface area contributed by atoms with Crippen LogP contribution in [0.2, 0.25) is 0 Å². The molecule has 0 unspecified atom stereocenters. The molecule has 0 radical (unpaired) electrons. The third kappa shape index (κ3) is 3.20. The summed E-state index contributed by atoms with van der Waals surface area (Å²) in [5, 5.41) is 0. The average molecular weight is 243 g/mol. The smallest absolute Gasteiger partial charge is 0.316 e. The summed E-state index contributed by atoms with van der Waals surface area (Å²) in [5.74, 6) is 0. The lowest BCUT2D eigenvalue weighted by Crippen LogP contribution is -2.06. The number of hydrogen-bond donors (Lipinski definition) is 1. The SMILES string of the molecule is Cc1cc(C)nc(OCCc2ccccc2N)n1. The van der Waals surface area contributed by atoms with Gasteiger partial charge in [0.1, 0.15) is 0 Å². The van der Waals surface area contributed by atoms with Gasteiger partial charge in [-0.15, -0.1) is 0 Å². The highest BCUT2D eigenvalue weighted by Crippen LogP contribution is 2.12. The van der Waals surface area contributed by atoms with Gasteiger partial charge in [0.25, 0.3) is 0 Å². The fraction of sp³-hybridized carbons (Fsp3) is 0.286. The van der Waals surface area contributed by atoms with Crippen LogP contribution in [0.3, 0.4) is 0 Å². The summed E-state index contributed by atoms with van der Waals surface area (Å²) in [7, 11) is 0. The van der Waals surface area contributed by atoms with Gasteiger partial charge in [-0.2, -0.15) is 0 Å². The Labute approximate surface area is 107 Å². The number of aromatic nitrogens is 2. The Bertz CT molecular complexity index is 520. The molecule has 0 saturated carbocycles. The molecule has 0 bridgehead atoms. The molecule has 1 aromatic carbocycles. The van der Waals surface area contributed by atoms with E-state index < -0.39 is 0 Å². The fourth-order valence-electron chi connectivity index (χ4n) is 1.77. The number of anilines is 1. The van der Waals surface area contributed by atoms with Gasteiger partial charge in [0, 0.05) is 23.5 Å². The number of aryl methyl sites for hydroxylation is 2. The van der Waals surface area contributed by atoms with Gasteiger partial charge in [-0.25, -0.2) is 9.97 Å². The third-order valence-corrected chi connectivity index (χ3v) is 2.62. The van der Waals surface area contributed by atoms with Crippen LogP contribution in [0.5, 0.6) is 6.01 Å². The molecule has 2 rings (SSSR count). The number of ether oxygens (including phenoxy) is 1. The van der Waals surface area contributed by atoms with E-state index in [0.29, 0.717) is 12.6 Å². The molecule has 0 fully saturated rings. The van der Waals surface area contributed by atoms with E-state index in [1.54, 1.807) is 0 Å². The lowest BCUT2D eigenvalue weighted by Gasteiger charge is -2.07. The molecule has 2 aromatic rings. The lowest BCUT2D eigenvalue weighted by molar-refractivity contribution is 0.295. The molecular weight excluding hydrogens is 226 g/mol. The summed E-state index contributed by atoms with van der Waals surface area (Å²) in [6.45, 7) is 4.38. The zero-order valence-electron chi connectivity index (χ0n) is 10.7. The topological polar surface area (TPSA) is 61.0 Å². The molecule has 0 saturated heterocycles. The molecule has 0 aliphatic carbocycles. The van der Waals surface area contributed by atoms with Crippen LogP contribution in [0.15, 0.2) is 30.3 Å². The van der Waals surface area contributed by atoms with Crippen molar-refractivity contribution in [2.75, 3.05) is 12.3 Å². The second-order valence-corrected chi connectivity index (χ2v) is 4.23. The normalized spacial score (nSPS) is 10.3. The van der Waals surface area contributed by atoms with Gasteiger partial charge >= 0.3 is 6.01 Å². The summed E-state index contributed by atoms with van der Waals surface area (Å²) in [6, 6.07) is 10.1.